The highest BCUT2D eigenvalue weighted by molar-refractivity contribution is 5.94. The Kier molecular flexibility index (Phi) is 3.60. The van der Waals surface area contributed by atoms with Crippen LogP contribution < -0.4 is 4.90 Å². The predicted octanol–water partition coefficient (Wildman–Crippen LogP) is 3.04. The van der Waals surface area contributed by atoms with Crippen LogP contribution in [0.3, 0.4) is 0 Å². The standard InChI is InChI=1S/C15H17N3O/c1-5-10(2)14-15(18(4)11(3)19)17-13-9-7-6-8-12(13)16-14/h5-9H,1-4H3/b10-5+. The van der Waals surface area contributed by atoms with Gasteiger partial charge in [0.25, 0.3) is 0 Å². The topological polar surface area (TPSA) is 46.1 Å². The molecule has 0 aliphatic carbocycles. The Hall–Kier alpha value is -2.23. The second-order valence-electron chi connectivity index (χ2n) is 4.43. The first-order valence-electron chi connectivity index (χ1n) is 6.19. The van der Waals surface area contributed by atoms with Crippen molar-refractivity contribution >= 4 is 28.3 Å². The maximum Gasteiger partial charge on any atom is 0.224 e. The summed E-state index contributed by atoms with van der Waals surface area (Å²) in [5, 5.41) is 0. The minimum atomic E-state index is -0.0604. The van der Waals surface area contributed by atoms with Crippen molar-refractivity contribution in [3.63, 3.8) is 0 Å². The summed E-state index contributed by atoms with van der Waals surface area (Å²) >= 11 is 0. The normalized spacial score (nSPS) is 11.7. The Morgan fingerprint density at radius 3 is 2.26 bits per heavy atom. The van der Waals surface area contributed by atoms with E-state index in [4.69, 9.17) is 0 Å². The van der Waals surface area contributed by atoms with Gasteiger partial charge in [-0.05, 0) is 31.6 Å². The quantitative estimate of drug-likeness (QED) is 0.828. The summed E-state index contributed by atoms with van der Waals surface area (Å²) in [6.07, 6.45) is 1.97. The highest BCUT2D eigenvalue weighted by atomic mass is 16.2. The predicted molar refractivity (Wildman–Crippen MR) is 77.9 cm³/mol. The van der Waals surface area contributed by atoms with E-state index in [2.05, 4.69) is 9.97 Å². The van der Waals surface area contributed by atoms with Gasteiger partial charge < -0.3 is 0 Å². The summed E-state index contributed by atoms with van der Waals surface area (Å²) in [7, 11) is 1.72. The summed E-state index contributed by atoms with van der Waals surface area (Å²) in [6, 6.07) is 7.66. The zero-order chi connectivity index (χ0) is 14.0. The van der Waals surface area contributed by atoms with Crippen LogP contribution in [0.2, 0.25) is 0 Å². The molecule has 19 heavy (non-hydrogen) atoms. The number of rotatable bonds is 2. The molecule has 0 atom stereocenters. The lowest BCUT2D eigenvalue weighted by Gasteiger charge is -2.18. The molecule has 0 radical (unpaired) electrons. The number of amides is 1. The molecule has 1 aromatic heterocycles. The van der Waals surface area contributed by atoms with E-state index < -0.39 is 0 Å². The smallest absolute Gasteiger partial charge is 0.224 e. The molecule has 1 amide bonds. The van der Waals surface area contributed by atoms with Gasteiger partial charge >= 0.3 is 0 Å². The van der Waals surface area contributed by atoms with Gasteiger partial charge in [-0.15, -0.1) is 0 Å². The first kappa shape index (κ1) is 13.2. The summed E-state index contributed by atoms with van der Waals surface area (Å²) < 4.78 is 0. The molecule has 0 aliphatic rings. The van der Waals surface area contributed by atoms with Crippen LogP contribution in [-0.4, -0.2) is 22.9 Å². The molecule has 4 nitrogen and oxygen atoms in total. The van der Waals surface area contributed by atoms with E-state index in [1.165, 1.54) is 11.8 Å². The number of benzene rings is 1. The molecule has 0 unspecified atom stereocenters. The second-order valence-corrected chi connectivity index (χ2v) is 4.43. The zero-order valence-electron chi connectivity index (χ0n) is 11.6. The third-order valence-corrected chi connectivity index (χ3v) is 3.15. The number of aromatic nitrogens is 2. The van der Waals surface area contributed by atoms with Crippen LogP contribution in [0.1, 0.15) is 26.5 Å². The van der Waals surface area contributed by atoms with Crippen molar-refractivity contribution < 1.29 is 4.79 Å². The lowest BCUT2D eigenvalue weighted by molar-refractivity contribution is -0.116. The van der Waals surface area contributed by atoms with Crippen LogP contribution in [-0.2, 0) is 4.79 Å². The molecule has 0 saturated carbocycles. The van der Waals surface area contributed by atoms with Gasteiger partial charge in [-0.2, -0.15) is 0 Å². The highest BCUT2D eigenvalue weighted by Crippen LogP contribution is 2.25. The van der Waals surface area contributed by atoms with Crippen LogP contribution in [0.4, 0.5) is 5.82 Å². The van der Waals surface area contributed by atoms with Crippen molar-refractivity contribution in [3.8, 4) is 0 Å². The minimum absolute atomic E-state index is 0.0604. The van der Waals surface area contributed by atoms with Gasteiger partial charge in [-0.25, -0.2) is 9.97 Å². The number of anilines is 1. The monoisotopic (exact) mass is 255 g/mol. The molecule has 1 heterocycles. The summed E-state index contributed by atoms with van der Waals surface area (Å²) in [4.78, 5) is 22.3. The number of hydrogen-bond donors (Lipinski definition) is 0. The van der Waals surface area contributed by atoms with E-state index >= 15 is 0 Å². The number of allylic oxidation sites excluding steroid dienone is 2. The highest BCUT2D eigenvalue weighted by Gasteiger charge is 2.16. The van der Waals surface area contributed by atoms with E-state index in [1.54, 1.807) is 7.05 Å². The number of para-hydroxylation sites is 2. The fourth-order valence-corrected chi connectivity index (χ4v) is 1.77. The molecule has 0 fully saturated rings. The van der Waals surface area contributed by atoms with Crippen LogP contribution >= 0.6 is 0 Å². The molecule has 0 N–H and O–H groups in total. The lowest BCUT2D eigenvalue weighted by Crippen LogP contribution is -2.25. The molecule has 0 saturated heterocycles. The van der Waals surface area contributed by atoms with Gasteiger partial charge in [0.2, 0.25) is 5.91 Å². The first-order valence-corrected chi connectivity index (χ1v) is 6.19. The summed E-state index contributed by atoms with van der Waals surface area (Å²) in [5.74, 6) is 0.538. The fourth-order valence-electron chi connectivity index (χ4n) is 1.77. The molecule has 2 rings (SSSR count). The van der Waals surface area contributed by atoms with Crippen molar-refractivity contribution in [2.45, 2.75) is 20.8 Å². The Morgan fingerprint density at radius 1 is 1.16 bits per heavy atom. The molecular formula is C15H17N3O. The Labute approximate surface area is 112 Å². The third kappa shape index (κ3) is 2.47. The van der Waals surface area contributed by atoms with Crippen LogP contribution in [0.15, 0.2) is 30.3 Å². The van der Waals surface area contributed by atoms with Gasteiger partial charge in [0.15, 0.2) is 5.82 Å². The zero-order valence-corrected chi connectivity index (χ0v) is 11.6. The SMILES string of the molecule is C/C=C(\C)c1nc2ccccc2nc1N(C)C(C)=O. The van der Waals surface area contributed by atoms with Crippen LogP contribution in [0, 0.1) is 0 Å². The van der Waals surface area contributed by atoms with E-state index in [0.29, 0.717) is 5.82 Å². The minimum Gasteiger partial charge on any atom is -0.298 e. The Bertz CT molecular complexity index is 661. The van der Waals surface area contributed by atoms with Crippen molar-refractivity contribution in [3.05, 3.63) is 36.0 Å². The van der Waals surface area contributed by atoms with Crippen molar-refractivity contribution in [2.75, 3.05) is 11.9 Å². The van der Waals surface area contributed by atoms with Crippen molar-refractivity contribution in [2.24, 2.45) is 0 Å². The molecule has 2 aromatic rings. The number of hydrogen-bond acceptors (Lipinski definition) is 3. The van der Waals surface area contributed by atoms with E-state index in [9.17, 15) is 4.79 Å². The third-order valence-electron chi connectivity index (χ3n) is 3.15. The molecule has 0 aliphatic heterocycles. The van der Waals surface area contributed by atoms with E-state index in [-0.39, 0.29) is 5.91 Å². The summed E-state index contributed by atoms with van der Waals surface area (Å²) in [6.45, 7) is 5.44. The average molecular weight is 255 g/mol. The second kappa shape index (κ2) is 5.18. The van der Waals surface area contributed by atoms with Crippen LogP contribution in [0.5, 0.6) is 0 Å². The number of fused-ring (bicyclic) bond motifs is 1. The number of nitrogens with zero attached hydrogens (tertiary/aromatic N) is 3. The number of carbonyl (C=O) groups is 1. The molecule has 4 heteroatoms. The maximum atomic E-state index is 11.6. The van der Waals surface area contributed by atoms with E-state index in [0.717, 1.165) is 22.3 Å². The Morgan fingerprint density at radius 2 is 1.74 bits per heavy atom. The molecule has 98 valence electrons. The molecule has 1 aromatic carbocycles. The van der Waals surface area contributed by atoms with Gasteiger partial charge in [0, 0.05) is 14.0 Å². The van der Waals surface area contributed by atoms with Crippen molar-refractivity contribution in [1.29, 1.82) is 0 Å². The number of carbonyl (C=O) groups excluding carboxylic acids is 1. The molecular weight excluding hydrogens is 238 g/mol. The van der Waals surface area contributed by atoms with Gasteiger partial charge in [-0.3, -0.25) is 9.69 Å². The average Bonchev–Trinajstić information content (AvgIpc) is 2.44. The summed E-state index contributed by atoms with van der Waals surface area (Å²) in [5.41, 5.74) is 3.37. The van der Waals surface area contributed by atoms with Crippen molar-refractivity contribution in [1.82, 2.24) is 9.97 Å². The maximum absolute atomic E-state index is 11.6. The molecule has 0 spiro atoms. The molecule has 0 bridgehead atoms. The fraction of sp³-hybridized carbons (Fsp3) is 0.267. The Balaban J connectivity index is 2.74. The van der Waals surface area contributed by atoms with Gasteiger partial charge in [0.1, 0.15) is 5.69 Å². The lowest BCUT2D eigenvalue weighted by atomic mass is 10.1. The van der Waals surface area contributed by atoms with Gasteiger partial charge in [0.05, 0.1) is 11.0 Å². The van der Waals surface area contributed by atoms with Crippen LogP contribution in [0.25, 0.3) is 16.6 Å². The van der Waals surface area contributed by atoms with Gasteiger partial charge in [-0.1, -0.05) is 18.2 Å². The first-order chi connectivity index (χ1) is 9.04. The largest absolute Gasteiger partial charge is 0.298 e. The van der Waals surface area contributed by atoms with E-state index in [1.807, 2.05) is 44.2 Å².